The Labute approximate surface area is 147 Å². The third kappa shape index (κ3) is 4.47. The predicted molar refractivity (Wildman–Crippen MR) is 96.1 cm³/mol. The van der Waals surface area contributed by atoms with Crippen LogP contribution in [0, 0.1) is 0 Å². The summed E-state index contributed by atoms with van der Waals surface area (Å²) in [4.78, 5) is 6.46. The molecule has 0 saturated heterocycles. The SMILES string of the molecule is COc1ccccc1CN(CCO)Cc1ncc(-c2ccccc2)o1. The summed E-state index contributed by atoms with van der Waals surface area (Å²) >= 11 is 0. The molecule has 0 spiro atoms. The number of methoxy groups -OCH3 is 1. The van der Waals surface area contributed by atoms with E-state index >= 15 is 0 Å². The second kappa shape index (κ2) is 8.46. The summed E-state index contributed by atoms with van der Waals surface area (Å²) in [5.41, 5.74) is 2.06. The fourth-order valence-corrected chi connectivity index (χ4v) is 2.74. The van der Waals surface area contributed by atoms with Crippen molar-refractivity contribution in [3.63, 3.8) is 0 Å². The second-order valence-corrected chi connectivity index (χ2v) is 5.73. The molecule has 25 heavy (non-hydrogen) atoms. The standard InChI is InChI=1S/C20H22N2O3/c1-24-18-10-6-5-9-17(18)14-22(11-12-23)15-20-21-13-19(25-20)16-7-3-2-4-8-16/h2-10,13,23H,11-12,14-15H2,1H3. The van der Waals surface area contributed by atoms with Crippen LogP contribution in [0.15, 0.2) is 65.2 Å². The smallest absolute Gasteiger partial charge is 0.209 e. The molecule has 0 atom stereocenters. The molecular formula is C20H22N2O3. The number of aromatic nitrogens is 1. The van der Waals surface area contributed by atoms with E-state index in [0.29, 0.717) is 25.5 Å². The lowest BCUT2D eigenvalue weighted by Crippen LogP contribution is -2.26. The minimum Gasteiger partial charge on any atom is -0.496 e. The highest BCUT2D eigenvalue weighted by Gasteiger charge is 2.14. The minimum atomic E-state index is 0.0708. The van der Waals surface area contributed by atoms with Crippen molar-refractivity contribution >= 4 is 0 Å². The van der Waals surface area contributed by atoms with E-state index in [1.165, 1.54) is 0 Å². The molecule has 0 saturated carbocycles. The first-order valence-electron chi connectivity index (χ1n) is 8.25. The monoisotopic (exact) mass is 338 g/mol. The quantitative estimate of drug-likeness (QED) is 0.682. The molecule has 0 unspecified atom stereocenters. The number of ether oxygens (including phenoxy) is 1. The number of benzene rings is 2. The van der Waals surface area contributed by atoms with Gasteiger partial charge in [0.1, 0.15) is 5.75 Å². The molecule has 0 aliphatic rings. The summed E-state index contributed by atoms with van der Waals surface area (Å²) < 4.78 is 11.3. The van der Waals surface area contributed by atoms with Crippen LogP contribution >= 0.6 is 0 Å². The van der Waals surface area contributed by atoms with Crippen LogP contribution in [0.1, 0.15) is 11.5 Å². The summed E-state index contributed by atoms with van der Waals surface area (Å²) in [5.74, 6) is 2.21. The van der Waals surface area contributed by atoms with Crippen LogP contribution in [-0.2, 0) is 13.1 Å². The van der Waals surface area contributed by atoms with E-state index in [4.69, 9.17) is 9.15 Å². The third-order valence-electron chi connectivity index (χ3n) is 3.97. The molecule has 130 valence electrons. The van der Waals surface area contributed by atoms with Crippen LogP contribution in [0.4, 0.5) is 0 Å². The van der Waals surface area contributed by atoms with Crippen LogP contribution in [-0.4, -0.2) is 35.3 Å². The summed E-state index contributed by atoms with van der Waals surface area (Å²) in [6.07, 6.45) is 1.74. The lowest BCUT2D eigenvalue weighted by molar-refractivity contribution is 0.171. The number of rotatable bonds is 8. The van der Waals surface area contributed by atoms with Crippen molar-refractivity contribution in [3.05, 3.63) is 72.2 Å². The molecule has 0 bridgehead atoms. The summed E-state index contributed by atoms with van der Waals surface area (Å²) in [6, 6.07) is 17.8. The van der Waals surface area contributed by atoms with Gasteiger partial charge in [0, 0.05) is 24.2 Å². The highest BCUT2D eigenvalue weighted by Crippen LogP contribution is 2.22. The van der Waals surface area contributed by atoms with Gasteiger partial charge in [0.15, 0.2) is 5.76 Å². The van der Waals surface area contributed by atoms with E-state index in [2.05, 4.69) is 9.88 Å². The zero-order valence-corrected chi connectivity index (χ0v) is 14.3. The van der Waals surface area contributed by atoms with Gasteiger partial charge in [-0.15, -0.1) is 0 Å². The lowest BCUT2D eigenvalue weighted by atomic mass is 10.2. The molecule has 0 radical (unpaired) electrons. The van der Waals surface area contributed by atoms with Crippen molar-refractivity contribution in [2.24, 2.45) is 0 Å². The molecule has 0 fully saturated rings. The van der Waals surface area contributed by atoms with Gasteiger partial charge < -0.3 is 14.3 Å². The maximum absolute atomic E-state index is 9.38. The van der Waals surface area contributed by atoms with Crippen molar-refractivity contribution < 1.29 is 14.3 Å². The molecule has 3 aromatic rings. The average Bonchev–Trinajstić information content (AvgIpc) is 3.11. The van der Waals surface area contributed by atoms with Crippen molar-refractivity contribution in [3.8, 4) is 17.1 Å². The maximum Gasteiger partial charge on any atom is 0.209 e. The number of nitrogens with zero attached hydrogens (tertiary/aromatic N) is 2. The first-order valence-corrected chi connectivity index (χ1v) is 8.25. The van der Waals surface area contributed by atoms with E-state index in [-0.39, 0.29) is 6.61 Å². The van der Waals surface area contributed by atoms with E-state index in [1.54, 1.807) is 13.3 Å². The molecule has 0 aliphatic heterocycles. The molecule has 1 aromatic heterocycles. The maximum atomic E-state index is 9.38. The molecule has 2 aromatic carbocycles. The van der Waals surface area contributed by atoms with E-state index in [1.807, 2.05) is 54.6 Å². The number of aliphatic hydroxyl groups is 1. The van der Waals surface area contributed by atoms with Gasteiger partial charge in [0.25, 0.3) is 0 Å². The zero-order valence-electron chi connectivity index (χ0n) is 14.3. The van der Waals surface area contributed by atoms with Crippen LogP contribution in [0.5, 0.6) is 5.75 Å². The molecular weight excluding hydrogens is 316 g/mol. The molecule has 0 amide bonds. The predicted octanol–water partition coefficient (Wildman–Crippen LogP) is 3.34. The number of oxazole rings is 1. The molecule has 0 aliphatic carbocycles. The Morgan fingerprint density at radius 2 is 1.80 bits per heavy atom. The van der Waals surface area contributed by atoms with Crippen molar-refractivity contribution in [1.29, 1.82) is 0 Å². The summed E-state index contributed by atoms with van der Waals surface area (Å²) in [6.45, 7) is 1.77. The second-order valence-electron chi connectivity index (χ2n) is 5.73. The Balaban J connectivity index is 1.73. The number of aliphatic hydroxyl groups excluding tert-OH is 1. The Morgan fingerprint density at radius 1 is 1.04 bits per heavy atom. The number of hydrogen-bond donors (Lipinski definition) is 1. The molecule has 1 heterocycles. The van der Waals surface area contributed by atoms with E-state index in [0.717, 1.165) is 22.6 Å². The van der Waals surface area contributed by atoms with Crippen LogP contribution in [0.3, 0.4) is 0 Å². The highest BCUT2D eigenvalue weighted by atomic mass is 16.5. The van der Waals surface area contributed by atoms with Gasteiger partial charge >= 0.3 is 0 Å². The summed E-state index contributed by atoms with van der Waals surface area (Å²) in [5, 5.41) is 9.38. The Kier molecular flexibility index (Phi) is 5.82. The largest absolute Gasteiger partial charge is 0.496 e. The topological polar surface area (TPSA) is 58.7 Å². The van der Waals surface area contributed by atoms with Gasteiger partial charge in [0.2, 0.25) is 5.89 Å². The molecule has 5 nitrogen and oxygen atoms in total. The highest BCUT2D eigenvalue weighted by molar-refractivity contribution is 5.55. The van der Waals surface area contributed by atoms with Crippen LogP contribution < -0.4 is 4.74 Å². The van der Waals surface area contributed by atoms with Gasteiger partial charge in [-0.2, -0.15) is 0 Å². The van der Waals surface area contributed by atoms with Crippen LogP contribution in [0.25, 0.3) is 11.3 Å². The van der Waals surface area contributed by atoms with Gasteiger partial charge in [-0.25, -0.2) is 4.98 Å². The lowest BCUT2D eigenvalue weighted by Gasteiger charge is -2.20. The average molecular weight is 338 g/mol. The van der Waals surface area contributed by atoms with Crippen molar-refractivity contribution in [1.82, 2.24) is 9.88 Å². The van der Waals surface area contributed by atoms with Gasteiger partial charge in [-0.05, 0) is 6.07 Å². The molecule has 3 rings (SSSR count). The normalized spacial score (nSPS) is 11.0. The Hall–Kier alpha value is -2.63. The first-order chi connectivity index (χ1) is 12.3. The van der Waals surface area contributed by atoms with E-state index < -0.39 is 0 Å². The van der Waals surface area contributed by atoms with Crippen molar-refractivity contribution in [2.45, 2.75) is 13.1 Å². The first kappa shape index (κ1) is 17.2. The number of para-hydroxylation sites is 1. The van der Waals surface area contributed by atoms with E-state index in [9.17, 15) is 5.11 Å². The van der Waals surface area contributed by atoms with Gasteiger partial charge in [-0.3, -0.25) is 4.90 Å². The van der Waals surface area contributed by atoms with Crippen LogP contribution in [0.2, 0.25) is 0 Å². The van der Waals surface area contributed by atoms with Gasteiger partial charge in [0.05, 0.1) is 26.5 Å². The molecule has 5 heteroatoms. The fraction of sp³-hybridized carbons (Fsp3) is 0.250. The minimum absolute atomic E-state index is 0.0708. The zero-order chi connectivity index (χ0) is 17.5. The third-order valence-corrected chi connectivity index (χ3v) is 3.97. The molecule has 1 N–H and O–H groups in total. The summed E-state index contributed by atoms with van der Waals surface area (Å²) in [7, 11) is 1.66. The number of hydrogen-bond acceptors (Lipinski definition) is 5. The van der Waals surface area contributed by atoms with Gasteiger partial charge in [-0.1, -0.05) is 48.5 Å². The van der Waals surface area contributed by atoms with Crippen molar-refractivity contribution in [2.75, 3.05) is 20.3 Å². The Bertz CT molecular complexity index is 786. The fourth-order valence-electron chi connectivity index (χ4n) is 2.74. The Morgan fingerprint density at radius 3 is 2.56 bits per heavy atom.